The molecule has 9 nitrogen and oxygen atoms in total. The van der Waals surface area contributed by atoms with E-state index in [1.165, 1.54) is 77.0 Å². The molecule has 0 heterocycles. The summed E-state index contributed by atoms with van der Waals surface area (Å²) in [7, 11) is 1.47. The maximum atomic E-state index is 12.6. The first-order valence-electron chi connectivity index (χ1n) is 20.1. The van der Waals surface area contributed by atoms with Crippen LogP contribution >= 0.6 is 7.82 Å². The fourth-order valence-electron chi connectivity index (χ4n) is 5.28. The van der Waals surface area contributed by atoms with Gasteiger partial charge < -0.3 is 18.9 Å². The van der Waals surface area contributed by atoms with Gasteiger partial charge in [0.2, 0.25) is 0 Å². The molecule has 2 unspecified atom stereocenters. The molecule has 0 saturated heterocycles. The highest BCUT2D eigenvalue weighted by molar-refractivity contribution is 7.47. The van der Waals surface area contributed by atoms with E-state index in [2.05, 4.69) is 38.2 Å². The molecule has 10 heteroatoms. The van der Waals surface area contributed by atoms with Crippen LogP contribution < -0.4 is 0 Å². The Morgan fingerprint density at radius 3 is 1.62 bits per heavy atom. The zero-order chi connectivity index (χ0) is 37.2. The third-order valence-corrected chi connectivity index (χ3v) is 9.47. The topological polar surface area (TPSA) is 108 Å². The third-order valence-electron chi connectivity index (χ3n) is 8.48. The molecule has 0 saturated carbocycles. The summed E-state index contributed by atoms with van der Waals surface area (Å²) in [6.45, 7) is 4.36. The molecule has 0 aromatic rings. The predicted octanol–water partition coefficient (Wildman–Crippen LogP) is 10.8. The van der Waals surface area contributed by atoms with Crippen LogP contribution in [0.1, 0.15) is 168 Å². The van der Waals surface area contributed by atoms with Crippen molar-refractivity contribution in [3.63, 3.8) is 0 Å². The highest BCUT2D eigenvalue weighted by Gasteiger charge is 2.27. The van der Waals surface area contributed by atoms with Gasteiger partial charge in [0.1, 0.15) is 19.8 Å². The maximum Gasteiger partial charge on any atom is 0.472 e. The zero-order valence-corrected chi connectivity index (χ0v) is 33.8. The van der Waals surface area contributed by atoms with Gasteiger partial charge in [-0.25, -0.2) is 4.57 Å². The molecule has 0 bridgehead atoms. The molecule has 0 aromatic heterocycles. The van der Waals surface area contributed by atoms with E-state index >= 15 is 0 Å². The molecule has 0 amide bonds. The third kappa shape index (κ3) is 36.3. The van der Waals surface area contributed by atoms with Crippen molar-refractivity contribution in [1.82, 2.24) is 0 Å². The normalized spacial score (nSPS) is 14.0. The molecule has 0 spiro atoms. The largest absolute Gasteiger partial charge is 0.472 e. The van der Waals surface area contributed by atoms with Crippen LogP contribution in [0.15, 0.2) is 24.3 Å². The minimum absolute atomic E-state index is 0.0303. The van der Waals surface area contributed by atoms with Crippen LogP contribution in [0.4, 0.5) is 0 Å². The molecule has 0 aliphatic carbocycles. The van der Waals surface area contributed by atoms with E-state index < -0.39 is 26.5 Å². The monoisotopic (exact) mass is 731 g/mol. The number of carbonyl (C=O) groups is 2. The van der Waals surface area contributed by atoms with E-state index in [1.807, 2.05) is 21.1 Å². The number of hydrogen-bond acceptors (Lipinski definition) is 7. The average molecular weight is 731 g/mol. The standard InChI is InChI=1S/C40H76NO8P/c1-6-8-10-12-14-16-18-19-20-21-23-25-27-29-31-33-40(43)49-38(37-48-50(44,45)47-35-34-41(3,4)5)36-46-39(42)32-30-28-26-24-22-17-15-13-11-9-7-2/h14,16,19-20,38H,6-13,15,17-18,21-37H2,1-5H3/p+1/b16-14-,20-19-. The molecule has 2 atom stereocenters. The Kier molecular flexibility index (Phi) is 32.3. The van der Waals surface area contributed by atoms with Crippen molar-refractivity contribution in [2.45, 2.75) is 174 Å². The van der Waals surface area contributed by atoms with Crippen molar-refractivity contribution >= 4 is 19.8 Å². The molecular formula is C40H77NO8P+. The number of quaternary nitrogens is 1. The second-order valence-corrected chi connectivity index (χ2v) is 16.1. The van der Waals surface area contributed by atoms with Crippen LogP contribution in [0.5, 0.6) is 0 Å². The quantitative estimate of drug-likeness (QED) is 0.0223. The fourth-order valence-corrected chi connectivity index (χ4v) is 6.02. The van der Waals surface area contributed by atoms with Crippen LogP contribution in [-0.2, 0) is 32.7 Å². The summed E-state index contributed by atoms with van der Waals surface area (Å²) in [5.41, 5.74) is 0. The van der Waals surface area contributed by atoms with Gasteiger partial charge in [-0.05, 0) is 44.9 Å². The van der Waals surface area contributed by atoms with E-state index in [0.29, 0.717) is 17.4 Å². The number of unbranched alkanes of at least 4 members (excludes halogenated alkanes) is 18. The molecule has 0 aliphatic rings. The van der Waals surface area contributed by atoms with Crippen molar-refractivity contribution in [3.8, 4) is 0 Å². The number of rotatable bonds is 36. The molecular weight excluding hydrogens is 653 g/mol. The van der Waals surface area contributed by atoms with E-state index in [-0.39, 0.29) is 32.0 Å². The minimum Gasteiger partial charge on any atom is -0.462 e. The molecule has 0 aromatic carbocycles. The van der Waals surface area contributed by atoms with Crippen LogP contribution in [-0.4, -0.2) is 74.9 Å². The van der Waals surface area contributed by atoms with E-state index in [1.54, 1.807) is 0 Å². The molecule has 0 rings (SSSR count). The molecule has 294 valence electrons. The summed E-state index contributed by atoms with van der Waals surface area (Å²) < 4.78 is 34.2. The molecule has 0 fully saturated rings. The molecule has 0 aliphatic heterocycles. The van der Waals surface area contributed by atoms with Crippen molar-refractivity contribution in [2.24, 2.45) is 0 Å². The summed E-state index contributed by atoms with van der Waals surface area (Å²) >= 11 is 0. The maximum absolute atomic E-state index is 12.6. The first-order valence-corrected chi connectivity index (χ1v) is 21.6. The molecule has 50 heavy (non-hydrogen) atoms. The van der Waals surface area contributed by atoms with Crippen molar-refractivity contribution in [3.05, 3.63) is 24.3 Å². The Balaban J connectivity index is 4.44. The second kappa shape index (κ2) is 33.3. The first-order chi connectivity index (χ1) is 24.0. The predicted molar refractivity (Wildman–Crippen MR) is 206 cm³/mol. The SMILES string of the molecule is CCCCC/C=C\C/C=C\CCCCCCCC(=O)OC(COC(=O)CCCCCCCCCCCCC)COP(=O)(O)OCC[N+](C)(C)C. The summed E-state index contributed by atoms with van der Waals surface area (Å²) in [5.74, 6) is -0.813. The Labute approximate surface area is 307 Å². The number of esters is 2. The van der Waals surface area contributed by atoms with Crippen LogP contribution in [0.2, 0.25) is 0 Å². The zero-order valence-electron chi connectivity index (χ0n) is 32.9. The van der Waals surface area contributed by atoms with Gasteiger partial charge in [-0.3, -0.25) is 18.6 Å². The number of hydrogen-bond donors (Lipinski definition) is 1. The van der Waals surface area contributed by atoms with Gasteiger partial charge in [-0.2, -0.15) is 0 Å². The summed E-state index contributed by atoms with van der Waals surface area (Å²) in [4.78, 5) is 35.2. The molecule has 0 radical (unpaired) electrons. The average Bonchev–Trinajstić information content (AvgIpc) is 3.06. The van der Waals surface area contributed by atoms with Gasteiger partial charge in [0.25, 0.3) is 0 Å². The van der Waals surface area contributed by atoms with Crippen LogP contribution in [0, 0.1) is 0 Å². The Hall–Kier alpha value is -1.51. The smallest absolute Gasteiger partial charge is 0.462 e. The number of allylic oxidation sites excluding steroid dienone is 4. The van der Waals surface area contributed by atoms with Crippen LogP contribution in [0.25, 0.3) is 0 Å². The lowest BCUT2D eigenvalue weighted by molar-refractivity contribution is -0.870. The Morgan fingerprint density at radius 2 is 1.08 bits per heavy atom. The van der Waals surface area contributed by atoms with Gasteiger partial charge in [-0.1, -0.05) is 134 Å². The summed E-state index contributed by atoms with van der Waals surface area (Å²) in [5, 5.41) is 0. The first kappa shape index (κ1) is 48.5. The highest BCUT2D eigenvalue weighted by Crippen LogP contribution is 2.43. The number of carbonyl (C=O) groups excluding carboxylic acids is 2. The van der Waals surface area contributed by atoms with Gasteiger partial charge >= 0.3 is 19.8 Å². The summed E-state index contributed by atoms with van der Waals surface area (Å²) in [6.07, 6.45) is 33.6. The van der Waals surface area contributed by atoms with E-state index in [0.717, 1.165) is 57.8 Å². The van der Waals surface area contributed by atoms with E-state index in [4.69, 9.17) is 18.5 Å². The lowest BCUT2D eigenvalue weighted by Crippen LogP contribution is -2.37. The number of likely N-dealkylation sites (N-methyl/N-ethyl adjacent to an activating group) is 1. The van der Waals surface area contributed by atoms with Crippen molar-refractivity contribution in [2.75, 3.05) is 47.5 Å². The van der Waals surface area contributed by atoms with Crippen molar-refractivity contribution < 1.29 is 42.1 Å². The lowest BCUT2D eigenvalue weighted by Gasteiger charge is -2.24. The van der Waals surface area contributed by atoms with Gasteiger partial charge in [-0.15, -0.1) is 0 Å². The Morgan fingerprint density at radius 1 is 0.620 bits per heavy atom. The van der Waals surface area contributed by atoms with Gasteiger partial charge in [0.15, 0.2) is 6.10 Å². The Bertz CT molecular complexity index is 918. The van der Waals surface area contributed by atoms with Gasteiger partial charge in [0.05, 0.1) is 27.7 Å². The number of ether oxygens (including phenoxy) is 2. The number of nitrogens with zero attached hydrogens (tertiary/aromatic N) is 1. The molecule has 1 N–H and O–H groups in total. The second-order valence-electron chi connectivity index (χ2n) is 14.7. The van der Waals surface area contributed by atoms with Crippen LogP contribution in [0.3, 0.4) is 0 Å². The van der Waals surface area contributed by atoms with Gasteiger partial charge in [0, 0.05) is 12.8 Å². The summed E-state index contributed by atoms with van der Waals surface area (Å²) in [6, 6.07) is 0. The number of phosphoric ester groups is 1. The fraction of sp³-hybridized carbons (Fsp3) is 0.850. The van der Waals surface area contributed by atoms with Crippen molar-refractivity contribution in [1.29, 1.82) is 0 Å². The van der Waals surface area contributed by atoms with E-state index in [9.17, 15) is 19.0 Å². The highest BCUT2D eigenvalue weighted by atomic mass is 31.2. The lowest BCUT2D eigenvalue weighted by atomic mass is 10.1. The number of phosphoric acid groups is 1. The minimum atomic E-state index is -4.37.